The van der Waals surface area contributed by atoms with Crippen LogP contribution in [0.3, 0.4) is 0 Å². The van der Waals surface area contributed by atoms with E-state index in [1.54, 1.807) is 40.9 Å². The molecule has 3 aliphatic rings. The Kier molecular flexibility index (Phi) is 7.02. The lowest BCUT2D eigenvalue weighted by Gasteiger charge is -2.36. The normalized spacial score (nSPS) is 30.8. The summed E-state index contributed by atoms with van der Waals surface area (Å²) in [5.74, 6) is -1.86. The summed E-state index contributed by atoms with van der Waals surface area (Å²) in [4.78, 5) is 43.2. The number of aliphatic hydroxyl groups is 1. The van der Waals surface area contributed by atoms with E-state index >= 15 is 0 Å². The van der Waals surface area contributed by atoms with Crippen LogP contribution in [0.5, 0.6) is 0 Å². The topological polar surface area (TPSA) is 98.7 Å². The predicted molar refractivity (Wildman–Crippen MR) is 145 cm³/mol. The highest BCUT2D eigenvalue weighted by Gasteiger charge is 2.77. The number of anilines is 1. The molecule has 3 fully saturated rings. The molecule has 3 N–H and O–H groups in total. The molecular formula is C28H32ClN3O4S. The molecular weight excluding hydrogens is 510 g/mol. The van der Waals surface area contributed by atoms with Crippen molar-refractivity contribution in [2.45, 2.75) is 61.2 Å². The Labute approximate surface area is 226 Å². The Bertz CT molecular complexity index is 1190. The van der Waals surface area contributed by atoms with Gasteiger partial charge < -0.3 is 20.6 Å². The van der Waals surface area contributed by atoms with E-state index in [0.29, 0.717) is 30.1 Å². The molecule has 37 heavy (non-hydrogen) atoms. The number of hydrogen-bond donors (Lipinski definition) is 3. The van der Waals surface area contributed by atoms with Gasteiger partial charge in [-0.3, -0.25) is 14.4 Å². The fraction of sp³-hybridized carbons (Fsp3) is 0.464. The summed E-state index contributed by atoms with van der Waals surface area (Å²) in [7, 11) is 0. The molecule has 9 heteroatoms. The van der Waals surface area contributed by atoms with Crippen LogP contribution in [0.25, 0.3) is 0 Å². The van der Waals surface area contributed by atoms with E-state index in [9.17, 15) is 19.5 Å². The molecule has 6 atom stereocenters. The zero-order valence-electron chi connectivity index (χ0n) is 20.9. The molecule has 5 rings (SSSR count). The summed E-state index contributed by atoms with van der Waals surface area (Å²) in [6.07, 6.45) is 1.89. The van der Waals surface area contributed by atoms with Gasteiger partial charge in [-0.25, -0.2) is 0 Å². The molecule has 0 radical (unpaired) electrons. The maximum Gasteiger partial charge on any atom is 0.248 e. The fourth-order valence-corrected chi connectivity index (χ4v) is 8.98. The van der Waals surface area contributed by atoms with Crippen LogP contribution in [0.2, 0.25) is 5.02 Å². The highest BCUT2D eigenvalue weighted by Crippen LogP contribution is 2.71. The Morgan fingerprint density at radius 3 is 2.49 bits per heavy atom. The minimum atomic E-state index is -0.795. The fourth-order valence-electron chi connectivity index (χ4n) is 6.51. The largest absolute Gasteiger partial charge is 0.394 e. The third-order valence-corrected chi connectivity index (χ3v) is 10.5. The van der Waals surface area contributed by atoms with Gasteiger partial charge in [0, 0.05) is 22.0 Å². The van der Waals surface area contributed by atoms with Crippen LogP contribution in [0.15, 0.2) is 54.6 Å². The number of likely N-dealkylation sites (tertiary alicyclic amines) is 1. The van der Waals surface area contributed by atoms with E-state index < -0.39 is 33.4 Å². The molecule has 3 heterocycles. The van der Waals surface area contributed by atoms with Crippen LogP contribution in [-0.4, -0.2) is 55.9 Å². The molecule has 3 amide bonds. The minimum absolute atomic E-state index is 0.158. The van der Waals surface area contributed by atoms with Gasteiger partial charge in [-0.15, -0.1) is 11.8 Å². The van der Waals surface area contributed by atoms with Gasteiger partial charge in [-0.05, 0) is 56.0 Å². The maximum atomic E-state index is 14.1. The van der Waals surface area contributed by atoms with Crippen molar-refractivity contribution in [2.24, 2.45) is 11.8 Å². The highest BCUT2D eigenvalue weighted by atomic mass is 35.5. The first kappa shape index (κ1) is 26.1. The second-order valence-electron chi connectivity index (χ2n) is 10.4. The molecule has 2 aromatic rings. The van der Waals surface area contributed by atoms with Crippen LogP contribution >= 0.6 is 23.4 Å². The van der Waals surface area contributed by atoms with Crippen LogP contribution in [0.4, 0.5) is 5.69 Å². The molecule has 2 unspecified atom stereocenters. The van der Waals surface area contributed by atoms with E-state index in [1.165, 1.54) is 0 Å². The Morgan fingerprint density at radius 1 is 1.14 bits per heavy atom. The molecule has 3 aliphatic heterocycles. The smallest absolute Gasteiger partial charge is 0.248 e. The number of fused-ring (bicyclic) bond motifs is 1. The van der Waals surface area contributed by atoms with Gasteiger partial charge >= 0.3 is 0 Å². The van der Waals surface area contributed by atoms with Crippen molar-refractivity contribution in [1.29, 1.82) is 0 Å². The van der Waals surface area contributed by atoms with Crippen LogP contribution in [-0.2, 0) is 20.9 Å². The molecule has 2 aromatic carbocycles. The number of aliphatic hydroxyl groups excluding tert-OH is 1. The quantitative estimate of drug-likeness (QED) is 0.471. The van der Waals surface area contributed by atoms with Crippen molar-refractivity contribution in [3.8, 4) is 0 Å². The molecule has 196 valence electrons. The number of nitrogens with zero attached hydrogens (tertiary/aromatic N) is 1. The minimum Gasteiger partial charge on any atom is -0.394 e. The number of halogens is 1. The standard InChI is InChI=1S/C28H32ClN3O4S/c1-3-20(16-33)32-23(25(35)31-19-11-9-18(29)10-12-19)28-14-13-27(2,37-28)21(22(28)26(32)36)24(34)30-15-17-7-5-4-6-8-17/h4-12,20-23,33H,3,13-16H2,1-2H3,(H,30,34)(H,31,35)/t20-,21+,22-,23?,27-,28?/m0/s1. The molecule has 0 aliphatic carbocycles. The summed E-state index contributed by atoms with van der Waals surface area (Å²) in [6.45, 7) is 4.07. The number of thioether (sulfide) groups is 1. The van der Waals surface area contributed by atoms with E-state index in [2.05, 4.69) is 10.6 Å². The first-order valence-electron chi connectivity index (χ1n) is 12.8. The second-order valence-corrected chi connectivity index (χ2v) is 12.8. The Balaban J connectivity index is 1.48. The maximum absolute atomic E-state index is 14.1. The monoisotopic (exact) mass is 541 g/mol. The number of benzene rings is 2. The van der Waals surface area contributed by atoms with Crippen molar-refractivity contribution in [3.05, 3.63) is 65.2 Å². The van der Waals surface area contributed by atoms with E-state index in [4.69, 9.17) is 11.6 Å². The zero-order chi connectivity index (χ0) is 26.4. The van der Waals surface area contributed by atoms with Crippen molar-refractivity contribution in [1.82, 2.24) is 10.2 Å². The van der Waals surface area contributed by atoms with Gasteiger partial charge in [-0.1, -0.05) is 48.9 Å². The predicted octanol–water partition coefficient (Wildman–Crippen LogP) is 3.85. The summed E-state index contributed by atoms with van der Waals surface area (Å²) >= 11 is 7.63. The molecule has 3 saturated heterocycles. The number of hydrogen-bond acceptors (Lipinski definition) is 5. The summed E-state index contributed by atoms with van der Waals surface area (Å²) in [5.41, 5.74) is 1.57. The van der Waals surface area contributed by atoms with Crippen molar-refractivity contribution in [3.63, 3.8) is 0 Å². The third kappa shape index (κ3) is 4.33. The summed E-state index contributed by atoms with van der Waals surface area (Å²) in [6, 6.07) is 15.2. The van der Waals surface area contributed by atoms with E-state index in [1.807, 2.05) is 44.2 Å². The molecule has 2 bridgehead atoms. The third-order valence-electron chi connectivity index (χ3n) is 8.24. The van der Waals surface area contributed by atoms with Gasteiger partial charge in [-0.2, -0.15) is 0 Å². The summed E-state index contributed by atoms with van der Waals surface area (Å²) in [5, 5.41) is 16.8. The lowest BCUT2D eigenvalue weighted by Crippen LogP contribution is -2.54. The van der Waals surface area contributed by atoms with Crippen LogP contribution < -0.4 is 10.6 Å². The first-order chi connectivity index (χ1) is 17.7. The Morgan fingerprint density at radius 2 is 1.84 bits per heavy atom. The van der Waals surface area contributed by atoms with Gasteiger partial charge in [0.05, 0.1) is 29.2 Å². The second kappa shape index (κ2) is 9.97. The number of rotatable bonds is 8. The van der Waals surface area contributed by atoms with Gasteiger partial charge in [0.2, 0.25) is 17.7 Å². The molecule has 1 spiro atoms. The number of amides is 3. The molecule has 7 nitrogen and oxygen atoms in total. The average Bonchev–Trinajstić information content (AvgIpc) is 3.46. The van der Waals surface area contributed by atoms with Crippen molar-refractivity contribution < 1.29 is 19.5 Å². The van der Waals surface area contributed by atoms with Crippen molar-refractivity contribution >= 4 is 46.8 Å². The zero-order valence-corrected chi connectivity index (χ0v) is 22.5. The molecule has 0 aromatic heterocycles. The highest BCUT2D eigenvalue weighted by molar-refractivity contribution is 8.02. The lowest BCUT2D eigenvalue weighted by atomic mass is 9.66. The van der Waals surface area contributed by atoms with E-state index in [-0.39, 0.29) is 24.3 Å². The SMILES string of the molecule is CC[C@@H](CO)N1C(=O)[C@@H]2[C@H](C(=O)NCc3ccccc3)[C@]3(C)CCC2(S3)C1C(=O)Nc1ccc(Cl)cc1. The number of carbonyl (C=O) groups excluding carboxylic acids is 3. The lowest BCUT2D eigenvalue weighted by molar-refractivity contribution is -0.142. The summed E-state index contributed by atoms with van der Waals surface area (Å²) < 4.78 is -1.19. The first-order valence-corrected chi connectivity index (χ1v) is 13.9. The average molecular weight is 542 g/mol. The van der Waals surface area contributed by atoms with Crippen LogP contribution in [0, 0.1) is 11.8 Å². The Hall–Kier alpha value is -2.55. The molecule has 0 saturated carbocycles. The number of nitrogens with one attached hydrogen (secondary N) is 2. The van der Waals surface area contributed by atoms with E-state index in [0.717, 1.165) is 12.0 Å². The van der Waals surface area contributed by atoms with Crippen LogP contribution in [0.1, 0.15) is 38.7 Å². The van der Waals surface area contributed by atoms with Gasteiger partial charge in [0.15, 0.2) is 0 Å². The van der Waals surface area contributed by atoms with Gasteiger partial charge in [0.1, 0.15) is 6.04 Å². The number of carbonyl (C=O) groups is 3. The van der Waals surface area contributed by atoms with Crippen molar-refractivity contribution in [2.75, 3.05) is 11.9 Å². The van der Waals surface area contributed by atoms with Gasteiger partial charge in [0.25, 0.3) is 0 Å².